The van der Waals surface area contributed by atoms with Crippen molar-refractivity contribution >= 4 is 97.7 Å². The largest absolute Gasteiger partial charge is 0.475 e. The summed E-state index contributed by atoms with van der Waals surface area (Å²) in [5.74, 6) is -0.249. The molecule has 0 bridgehead atoms. The number of fused-ring (bicyclic) bond motifs is 4. The van der Waals surface area contributed by atoms with E-state index in [4.69, 9.17) is 13.8 Å². The maximum Gasteiger partial charge on any atom is 0.370 e. The Morgan fingerprint density at radius 2 is 1.36 bits per heavy atom. The van der Waals surface area contributed by atoms with E-state index in [-0.39, 0.29) is 13.2 Å². The molecule has 0 radical (unpaired) electrons. The van der Waals surface area contributed by atoms with Crippen LogP contribution in [0.5, 0.6) is 5.75 Å². The van der Waals surface area contributed by atoms with E-state index in [2.05, 4.69) is 121 Å². The van der Waals surface area contributed by atoms with Gasteiger partial charge in [-0.2, -0.15) is 0 Å². The van der Waals surface area contributed by atoms with Gasteiger partial charge in [0.1, 0.15) is 5.75 Å². The number of aryl methyl sites for hydroxylation is 1. The van der Waals surface area contributed by atoms with Crippen molar-refractivity contribution in [2.24, 2.45) is 0 Å². The van der Waals surface area contributed by atoms with Crippen molar-refractivity contribution in [1.29, 1.82) is 0 Å². The molecule has 226 valence electrons. The van der Waals surface area contributed by atoms with Crippen LogP contribution in [-0.2, 0) is 20.0 Å². The number of rotatable bonds is 11. The summed E-state index contributed by atoms with van der Waals surface area (Å²) in [6.07, 6.45) is 1.12. The lowest BCUT2D eigenvalue weighted by molar-refractivity contribution is 0.156. The van der Waals surface area contributed by atoms with E-state index in [1.165, 1.54) is 20.2 Å². The van der Waals surface area contributed by atoms with Crippen molar-refractivity contribution in [3.8, 4) is 16.9 Å². The van der Waals surface area contributed by atoms with Gasteiger partial charge in [0, 0.05) is 26.4 Å². The molecule has 0 amide bonds. The maximum absolute atomic E-state index is 14.1. The van der Waals surface area contributed by atoms with Crippen molar-refractivity contribution in [3.63, 3.8) is 0 Å². The van der Waals surface area contributed by atoms with E-state index < -0.39 is 13.4 Å². The van der Waals surface area contributed by atoms with Gasteiger partial charge in [0.15, 0.2) is 5.85 Å². The molecule has 0 aliphatic heterocycles. The first-order chi connectivity index (χ1) is 21.3. The summed E-state index contributed by atoms with van der Waals surface area (Å²) in [7, 11) is -3.60. The lowest BCUT2D eigenvalue weighted by Gasteiger charge is -2.28. The summed E-state index contributed by atoms with van der Waals surface area (Å²) in [6, 6.07) is 31.3. The van der Waals surface area contributed by atoms with Crippen LogP contribution in [0.15, 0.2) is 104 Å². The van der Waals surface area contributed by atoms with Crippen LogP contribution in [0.4, 0.5) is 0 Å². The van der Waals surface area contributed by atoms with Gasteiger partial charge in [-0.1, -0.05) is 72.8 Å². The molecule has 0 aliphatic rings. The molecule has 6 rings (SSSR count). The average molecular weight is 817 g/mol. The zero-order chi connectivity index (χ0) is 30.8. The van der Waals surface area contributed by atoms with Gasteiger partial charge in [-0.15, -0.1) is 11.3 Å². The number of hydrogen-bond donors (Lipinski definition) is 0. The first-order valence-corrected chi connectivity index (χ1v) is 19.3. The lowest BCUT2D eigenvalue weighted by atomic mass is 9.93. The topological polar surface area (TPSA) is 44.8 Å². The van der Waals surface area contributed by atoms with Gasteiger partial charge in [0.25, 0.3) is 0 Å². The highest BCUT2D eigenvalue weighted by Crippen LogP contribution is 2.56. The molecule has 1 heterocycles. The van der Waals surface area contributed by atoms with Crippen LogP contribution < -0.4 is 4.74 Å². The molecule has 0 aliphatic carbocycles. The lowest BCUT2D eigenvalue weighted by Crippen LogP contribution is -2.22. The SMILES string of the molecule is CCOP(=O)(OCC)C(CCc1ccccc1)Oc1c(Br)cc(-c2c3ccccc3c(Br)c3sc4ccccc4c23)cc1Br. The molecule has 6 aromatic rings. The number of benzene rings is 5. The Morgan fingerprint density at radius 3 is 2.02 bits per heavy atom. The third kappa shape index (κ3) is 6.20. The van der Waals surface area contributed by atoms with Crippen molar-refractivity contribution in [1.82, 2.24) is 0 Å². The van der Waals surface area contributed by atoms with Gasteiger partial charge in [-0.05, 0) is 114 Å². The molecule has 1 aromatic heterocycles. The summed E-state index contributed by atoms with van der Waals surface area (Å²) >= 11 is 13.4. The molecule has 0 spiro atoms. The van der Waals surface area contributed by atoms with Crippen molar-refractivity contribution in [2.75, 3.05) is 13.2 Å². The van der Waals surface area contributed by atoms with Crippen LogP contribution in [0.1, 0.15) is 25.8 Å². The first kappa shape index (κ1) is 31.9. The van der Waals surface area contributed by atoms with Crippen LogP contribution in [0.2, 0.25) is 0 Å². The van der Waals surface area contributed by atoms with E-state index in [9.17, 15) is 4.57 Å². The van der Waals surface area contributed by atoms with Crippen LogP contribution in [0, 0.1) is 0 Å². The third-order valence-corrected chi connectivity index (χ3v) is 13.3. The molecule has 0 fully saturated rings. The molecule has 4 nitrogen and oxygen atoms in total. The Morgan fingerprint density at radius 1 is 0.773 bits per heavy atom. The minimum Gasteiger partial charge on any atom is -0.475 e. The van der Waals surface area contributed by atoms with Gasteiger partial charge in [-0.3, -0.25) is 4.57 Å². The number of halogens is 3. The Hall–Kier alpha value is -2.03. The standard InChI is InChI=1S/C35H30Br3O4PS/c1-3-40-43(39,41-4-2)30(19-18-22-12-6-5-7-13-22)42-34-27(36)20-23(21-28(34)37)31-24-14-8-9-15-25(24)33(38)35-32(31)26-16-10-11-17-29(26)44-35/h5-17,20-21,30H,3-4,18-19H2,1-2H3. The van der Waals surface area contributed by atoms with Gasteiger partial charge >= 0.3 is 7.60 Å². The fourth-order valence-corrected chi connectivity index (χ4v) is 10.8. The van der Waals surface area contributed by atoms with E-state index in [1.54, 1.807) is 11.3 Å². The smallest absolute Gasteiger partial charge is 0.370 e. The second-order valence-corrected chi connectivity index (χ2v) is 16.0. The van der Waals surface area contributed by atoms with Crippen LogP contribution >= 0.6 is 66.7 Å². The summed E-state index contributed by atoms with van der Waals surface area (Å²) in [5.41, 5.74) is 3.31. The molecular formula is C35H30Br3O4PS. The van der Waals surface area contributed by atoms with Gasteiger partial charge in [-0.25, -0.2) is 0 Å². The second kappa shape index (κ2) is 13.8. The normalized spacial score (nSPS) is 12.8. The highest BCUT2D eigenvalue weighted by Gasteiger charge is 2.38. The highest BCUT2D eigenvalue weighted by atomic mass is 79.9. The molecule has 5 aromatic carbocycles. The Bertz CT molecular complexity index is 1980. The molecule has 1 unspecified atom stereocenters. The number of thiophene rings is 1. The van der Waals surface area contributed by atoms with E-state index in [1.807, 2.05) is 32.0 Å². The molecular weight excluding hydrogens is 787 g/mol. The summed E-state index contributed by atoms with van der Waals surface area (Å²) in [6.45, 7) is 4.14. The number of hydrogen-bond acceptors (Lipinski definition) is 5. The van der Waals surface area contributed by atoms with Crippen molar-refractivity contribution in [3.05, 3.63) is 110 Å². The Labute approximate surface area is 286 Å². The summed E-state index contributed by atoms with van der Waals surface area (Å²) < 4.78 is 37.3. The van der Waals surface area contributed by atoms with E-state index in [0.717, 1.165) is 40.9 Å². The highest BCUT2D eigenvalue weighted by molar-refractivity contribution is 9.11. The van der Waals surface area contributed by atoms with E-state index in [0.29, 0.717) is 18.6 Å². The van der Waals surface area contributed by atoms with Crippen molar-refractivity contribution in [2.45, 2.75) is 32.5 Å². The number of ether oxygens (including phenoxy) is 1. The van der Waals surface area contributed by atoms with Crippen LogP contribution in [0.25, 0.3) is 42.1 Å². The van der Waals surface area contributed by atoms with Crippen molar-refractivity contribution < 1.29 is 18.3 Å². The second-order valence-electron chi connectivity index (χ2n) is 10.3. The molecule has 0 saturated carbocycles. The minimum absolute atomic E-state index is 0.255. The third-order valence-electron chi connectivity index (χ3n) is 7.51. The molecule has 0 saturated heterocycles. The fraction of sp³-hybridized carbons (Fsp3) is 0.200. The average Bonchev–Trinajstić information content (AvgIpc) is 3.41. The molecule has 0 N–H and O–H groups in total. The quantitative estimate of drug-likeness (QED) is 0.122. The monoisotopic (exact) mass is 814 g/mol. The zero-order valence-corrected chi connectivity index (χ0v) is 30.7. The van der Waals surface area contributed by atoms with Crippen LogP contribution in [0.3, 0.4) is 0 Å². The van der Waals surface area contributed by atoms with Gasteiger partial charge in [0.2, 0.25) is 0 Å². The predicted molar refractivity (Wildman–Crippen MR) is 195 cm³/mol. The zero-order valence-electron chi connectivity index (χ0n) is 24.2. The van der Waals surface area contributed by atoms with Gasteiger partial charge in [0.05, 0.1) is 26.9 Å². The minimum atomic E-state index is -3.60. The Balaban J connectivity index is 1.47. The summed E-state index contributed by atoms with van der Waals surface area (Å²) in [4.78, 5) is 0. The summed E-state index contributed by atoms with van der Waals surface area (Å²) in [5, 5.41) is 4.74. The molecule has 1 atom stereocenters. The van der Waals surface area contributed by atoms with E-state index >= 15 is 0 Å². The molecule has 9 heteroatoms. The predicted octanol–water partition coefficient (Wildman–Crippen LogP) is 12.8. The van der Waals surface area contributed by atoms with Gasteiger partial charge < -0.3 is 13.8 Å². The first-order valence-electron chi connectivity index (χ1n) is 14.4. The maximum atomic E-state index is 14.1. The molecule has 44 heavy (non-hydrogen) atoms. The Kier molecular flexibility index (Phi) is 9.99. The van der Waals surface area contributed by atoms with Crippen LogP contribution in [-0.4, -0.2) is 19.1 Å². The fourth-order valence-electron chi connectivity index (χ4n) is 5.63.